The molecule has 0 aliphatic carbocycles. The Morgan fingerprint density at radius 2 is 1.62 bits per heavy atom. The van der Waals surface area contributed by atoms with Crippen LogP contribution in [0.1, 0.15) is 63.6 Å². The van der Waals surface area contributed by atoms with E-state index in [1.807, 2.05) is 26.1 Å². The van der Waals surface area contributed by atoms with Crippen LogP contribution < -0.4 is 20.9 Å². The molecular formula is C43H55F2N7O9. The van der Waals surface area contributed by atoms with Gasteiger partial charge in [-0.1, -0.05) is 19.1 Å². The molecule has 0 radical (unpaired) electrons. The van der Waals surface area contributed by atoms with Gasteiger partial charge in [-0.15, -0.1) is 0 Å². The van der Waals surface area contributed by atoms with Gasteiger partial charge in [-0.3, -0.25) is 28.8 Å². The Morgan fingerprint density at radius 3 is 2.31 bits per heavy atom. The van der Waals surface area contributed by atoms with E-state index in [1.54, 1.807) is 6.07 Å². The highest BCUT2D eigenvalue weighted by atomic mass is 19.1. The molecule has 6 rings (SSSR count). The first-order valence-electron chi connectivity index (χ1n) is 20.8. The first-order valence-corrected chi connectivity index (χ1v) is 20.8. The number of benzene rings is 2. The molecule has 4 aliphatic heterocycles. The molecule has 16 nitrogen and oxygen atoms in total. The summed E-state index contributed by atoms with van der Waals surface area (Å²) >= 11 is 0. The number of anilines is 1. The van der Waals surface area contributed by atoms with E-state index in [9.17, 15) is 47.4 Å². The Hall–Kier alpha value is -5.65. The molecule has 0 bridgehead atoms. The fourth-order valence-corrected chi connectivity index (χ4v) is 8.98. The van der Waals surface area contributed by atoms with E-state index >= 15 is 0 Å². The number of nitrogens with one attached hydrogen (secondary N) is 3. The number of aliphatic hydroxyl groups excluding tert-OH is 1. The van der Waals surface area contributed by atoms with E-state index < -0.39 is 108 Å². The average Bonchev–Trinajstić information content (AvgIpc) is 3.93. The summed E-state index contributed by atoms with van der Waals surface area (Å²) in [5.74, 6) is -7.36. The molecule has 4 heterocycles. The Balaban J connectivity index is 1.33. The number of nitrogens with zero attached hydrogens (tertiary/aromatic N) is 4. The maximum atomic E-state index is 14.7. The number of cyclic esters (lactones) is 1. The van der Waals surface area contributed by atoms with Gasteiger partial charge in [-0.05, 0) is 87.3 Å². The summed E-state index contributed by atoms with van der Waals surface area (Å²) in [6, 6.07) is 0.240. The van der Waals surface area contributed by atoms with Gasteiger partial charge in [0, 0.05) is 51.9 Å². The molecule has 3 saturated heterocycles. The van der Waals surface area contributed by atoms with Crippen LogP contribution in [0.15, 0.2) is 36.4 Å². The topological polar surface area (TPSA) is 198 Å². The van der Waals surface area contributed by atoms with Crippen molar-refractivity contribution in [2.24, 2.45) is 5.92 Å². The highest BCUT2D eigenvalue weighted by molar-refractivity contribution is 5.98. The molecule has 61 heavy (non-hydrogen) atoms. The highest BCUT2D eigenvalue weighted by Crippen LogP contribution is 2.29. The van der Waals surface area contributed by atoms with Gasteiger partial charge < -0.3 is 45.4 Å². The number of halogens is 2. The first-order chi connectivity index (χ1) is 28.8. The summed E-state index contributed by atoms with van der Waals surface area (Å²) in [6.45, 7) is 6.96. The van der Waals surface area contributed by atoms with Crippen molar-refractivity contribution >= 4 is 47.1 Å². The molecule has 18 heteroatoms. The third-order valence-corrected chi connectivity index (χ3v) is 12.1. The summed E-state index contributed by atoms with van der Waals surface area (Å²) in [5, 5.41) is 18.6. The lowest BCUT2D eigenvalue weighted by Gasteiger charge is -2.37. The Labute approximate surface area is 353 Å². The summed E-state index contributed by atoms with van der Waals surface area (Å²) in [6.07, 6.45) is -1.85. The number of carbonyl (C=O) groups excluding carboxylic acids is 7. The van der Waals surface area contributed by atoms with Gasteiger partial charge in [-0.25, -0.2) is 13.6 Å². The third-order valence-electron chi connectivity index (χ3n) is 12.1. The molecule has 0 saturated carbocycles. The maximum absolute atomic E-state index is 14.7. The smallest absolute Gasteiger partial charge is 0.329 e. The van der Waals surface area contributed by atoms with Gasteiger partial charge >= 0.3 is 5.97 Å². The predicted octanol–water partition coefficient (Wildman–Crippen LogP) is 0.598. The van der Waals surface area contributed by atoms with Crippen molar-refractivity contribution in [1.29, 1.82) is 0 Å². The molecule has 0 spiro atoms. The highest BCUT2D eigenvalue weighted by Gasteiger charge is 2.47. The van der Waals surface area contributed by atoms with Gasteiger partial charge in [-0.2, -0.15) is 0 Å². The van der Waals surface area contributed by atoms with Crippen LogP contribution in [-0.2, 0) is 57.6 Å². The van der Waals surface area contributed by atoms with Gasteiger partial charge in [0.05, 0.1) is 12.5 Å². The van der Waals surface area contributed by atoms with Crippen molar-refractivity contribution in [2.75, 3.05) is 38.6 Å². The minimum absolute atomic E-state index is 0.0293. The number of likely N-dealkylation sites (N-methyl/N-ethyl adjacent to an activating group) is 2. The molecular weight excluding hydrogens is 797 g/mol. The molecule has 4 N–H and O–H groups in total. The zero-order valence-corrected chi connectivity index (χ0v) is 35.3. The standard InChI is InChI=1S/C43H55F2N7O9/c1-22-14-34-43(60)61-25(4)36(42(59)51-12-7-8-33(51)41(58)50(6)37(24(3)53)39(56)46-23(2)40(57)52(34)21-22)48-38(55)31(18-27-16-29(44)20-30(45)17-27)47-35(54)19-26-9-10-32-28(15-26)11-13-49(32)5/h9-10,15-17,20,22-25,31,33-34,36-37,53H,7-8,11-14,18-19,21H2,1-6H3,(H,46,56)(H,47,54)(H,48,55)/t22-,23-,24-,25-,31-,33-,34-,36-,37-/m0/s1. The van der Waals surface area contributed by atoms with Gasteiger partial charge in [0.15, 0.2) is 0 Å². The first kappa shape index (κ1) is 44.9. The van der Waals surface area contributed by atoms with Crippen molar-refractivity contribution < 1.29 is 52.2 Å². The molecule has 330 valence electrons. The summed E-state index contributed by atoms with van der Waals surface area (Å²) in [4.78, 5) is 104. The van der Waals surface area contributed by atoms with E-state index in [1.165, 1.54) is 37.6 Å². The number of esters is 1. The zero-order chi connectivity index (χ0) is 44.4. The summed E-state index contributed by atoms with van der Waals surface area (Å²) in [5.41, 5.74) is 2.80. The number of hydrogen-bond acceptors (Lipinski definition) is 10. The molecule has 9 atom stereocenters. The second kappa shape index (κ2) is 18.5. The number of ether oxygens (including phenoxy) is 1. The van der Waals surface area contributed by atoms with Crippen LogP contribution >= 0.6 is 0 Å². The molecule has 3 fully saturated rings. The fraction of sp³-hybridized carbons (Fsp3) is 0.558. The van der Waals surface area contributed by atoms with E-state index in [2.05, 4.69) is 20.9 Å². The Kier molecular flexibility index (Phi) is 13.6. The van der Waals surface area contributed by atoms with Gasteiger partial charge in [0.25, 0.3) is 0 Å². The van der Waals surface area contributed by atoms with Crippen LogP contribution in [-0.4, -0.2) is 143 Å². The molecule has 2 aromatic carbocycles. The van der Waals surface area contributed by atoms with Crippen molar-refractivity contribution in [3.8, 4) is 0 Å². The lowest BCUT2D eigenvalue weighted by atomic mass is 10.0. The monoisotopic (exact) mass is 851 g/mol. The van der Waals surface area contributed by atoms with E-state index in [-0.39, 0.29) is 43.8 Å². The fourth-order valence-electron chi connectivity index (χ4n) is 8.98. The third kappa shape index (κ3) is 9.95. The van der Waals surface area contributed by atoms with Crippen molar-refractivity contribution in [2.45, 2.75) is 115 Å². The Bertz CT molecular complexity index is 2050. The quantitative estimate of drug-likeness (QED) is 0.273. The molecule has 0 aromatic heterocycles. The second-order valence-corrected chi connectivity index (χ2v) is 16.9. The minimum atomic E-state index is -1.67. The van der Waals surface area contributed by atoms with Crippen LogP contribution in [0.2, 0.25) is 0 Å². The molecule has 4 aliphatic rings. The van der Waals surface area contributed by atoms with Crippen LogP contribution in [0.5, 0.6) is 0 Å². The van der Waals surface area contributed by atoms with E-state index in [0.29, 0.717) is 18.1 Å². The van der Waals surface area contributed by atoms with E-state index in [0.717, 1.165) is 41.2 Å². The van der Waals surface area contributed by atoms with Crippen LogP contribution in [0.25, 0.3) is 0 Å². The zero-order valence-electron chi connectivity index (χ0n) is 35.3. The normalized spacial score (nSPS) is 27.2. The van der Waals surface area contributed by atoms with Gasteiger partial charge in [0.2, 0.25) is 35.4 Å². The van der Waals surface area contributed by atoms with Crippen LogP contribution in [0.4, 0.5) is 14.5 Å². The lowest BCUT2D eigenvalue weighted by Crippen LogP contribution is -2.63. The number of hydrogen-bond donors (Lipinski definition) is 4. The summed E-state index contributed by atoms with van der Waals surface area (Å²) in [7, 11) is 3.27. The SMILES string of the molecule is C[C@H]1C[C@H]2C(=O)O[C@@H](C)[C@H](NC(=O)[C@H](Cc3cc(F)cc(F)c3)NC(=O)Cc3ccc4c(c3)CCN4C)C(=O)N3CCC[C@H]3C(=O)N(C)[C@@H]([C@H](C)O)C(=O)N[C@@H](C)C(=O)N2C1. The van der Waals surface area contributed by atoms with E-state index in [4.69, 9.17) is 4.74 Å². The second-order valence-electron chi connectivity index (χ2n) is 16.9. The van der Waals surface area contributed by atoms with Crippen LogP contribution in [0, 0.1) is 17.6 Å². The average molecular weight is 852 g/mol. The number of carbonyl (C=O) groups is 7. The number of aliphatic hydroxyl groups is 1. The number of amides is 6. The molecule has 6 amide bonds. The predicted molar refractivity (Wildman–Crippen MR) is 216 cm³/mol. The largest absolute Gasteiger partial charge is 0.458 e. The van der Waals surface area contributed by atoms with Crippen molar-refractivity contribution in [1.82, 2.24) is 30.7 Å². The van der Waals surface area contributed by atoms with Crippen molar-refractivity contribution in [3.63, 3.8) is 0 Å². The number of rotatable bonds is 8. The minimum Gasteiger partial charge on any atom is -0.458 e. The van der Waals surface area contributed by atoms with Crippen molar-refractivity contribution in [3.05, 3.63) is 64.7 Å². The lowest BCUT2D eigenvalue weighted by molar-refractivity contribution is -0.163. The Morgan fingerprint density at radius 1 is 0.918 bits per heavy atom. The molecule has 0 unspecified atom stereocenters. The van der Waals surface area contributed by atoms with Gasteiger partial charge in [0.1, 0.15) is 54.0 Å². The van der Waals surface area contributed by atoms with Crippen LogP contribution in [0.3, 0.4) is 0 Å². The maximum Gasteiger partial charge on any atom is 0.329 e. The number of fused-ring (bicyclic) bond motifs is 3. The summed E-state index contributed by atoms with van der Waals surface area (Å²) < 4.78 is 34.7. The molecule has 2 aromatic rings.